The van der Waals surface area contributed by atoms with E-state index in [2.05, 4.69) is 28.5 Å². The lowest BCUT2D eigenvalue weighted by Gasteiger charge is -2.40. The molecule has 2 aromatic rings. The Kier molecular flexibility index (Phi) is 3.10. The van der Waals surface area contributed by atoms with Crippen molar-refractivity contribution in [1.29, 1.82) is 0 Å². The highest BCUT2D eigenvalue weighted by Crippen LogP contribution is 2.45. The standard InChI is InChI=1S/C16H18N2OS/c1-6-17-7-2-12(1)15-11-13-14(20-15)3-10-19-16(13)4-8-18-9-5-16/h1-2,6-7,11,18H,3-5,8-10H2. The van der Waals surface area contributed by atoms with Gasteiger partial charge in [-0.25, -0.2) is 0 Å². The second-order valence-electron chi connectivity index (χ2n) is 5.53. The number of aromatic nitrogens is 1. The summed E-state index contributed by atoms with van der Waals surface area (Å²) in [5.74, 6) is 0. The van der Waals surface area contributed by atoms with E-state index in [1.165, 1.54) is 20.9 Å². The number of nitrogens with zero attached hydrogens (tertiary/aromatic N) is 1. The highest BCUT2D eigenvalue weighted by molar-refractivity contribution is 7.15. The lowest BCUT2D eigenvalue weighted by Crippen LogP contribution is -2.44. The molecule has 20 heavy (non-hydrogen) atoms. The number of rotatable bonds is 1. The first-order valence-corrected chi connectivity index (χ1v) is 8.07. The quantitative estimate of drug-likeness (QED) is 0.875. The van der Waals surface area contributed by atoms with Crippen LogP contribution in [-0.4, -0.2) is 24.7 Å². The minimum atomic E-state index is -0.0272. The van der Waals surface area contributed by atoms with Crippen LogP contribution in [0.4, 0.5) is 0 Å². The molecule has 2 aliphatic rings. The molecule has 4 heterocycles. The normalized spacial score (nSPS) is 20.8. The number of thiophene rings is 1. The van der Waals surface area contributed by atoms with E-state index in [1.54, 1.807) is 0 Å². The molecule has 1 N–H and O–H groups in total. The van der Waals surface area contributed by atoms with Crippen LogP contribution in [0.3, 0.4) is 0 Å². The van der Waals surface area contributed by atoms with Crippen LogP contribution < -0.4 is 5.32 Å². The predicted octanol–water partition coefficient (Wildman–Crippen LogP) is 2.96. The van der Waals surface area contributed by atoms with Crippen LogP contribution in [0.25, 0.3) is 10.4 Å². The molecule has 0 atom stereocenters. The Balaban J connectivity index is 1.77. The van der Waals surface area contributed by atoms with E-state index in [9.17, 15) is 0 Å². The van der Waals surface area contributed by atoms with Crippen molar-refractivity contribution in [2.45, 2.75) is 24.9 Å². The van der Waals surface area contributed by atoms with Crippen LogP contribution in [-0.2, 0) is 16.8 Å². The third kappa shape index (κ3) is 1.99. The van der Waals surface area contributed by atoms with Crippen molar-refractivity contribution in [3.8, 4) is 10.4 Å². The van der Waals surface area contributed by atoms with Gasteiger partial charge in [-0.1, -0.05) is 0 Å². The highest BCUT2D eigenvalue weighted by Gasteiger charge is 2.40. The molecule has 1 saturated heterocycles. The number of hydrogen-bond acceptors (Lipinski definition) is 4. The Labute approximate surface area is 123 Å². The molecule has 0 bridgehead atoms. The fraction of sp³-hybridized carbons (Fsp3) is 0.438. The SMILES string of the molecule is c1cc(-c2cc3c(s2)CCOC32CCNCC2)ccn1. The van der Waals surface area contributed by atoms with Crippen molar-refractivity contribution in [1.82, 2.24) is 10.3 Å². The summed E-state index contributed by atoms with van der Waals surface area (Å²) in [5.41, 5.74) is 2.69. The molecule has 0 aromatic carbocycles. The first-order valence-electron chi connectivity index (χ1n) is 7.26. The summed E-state index contributed by atoms with van der Waals surface area (Å²) in [7, 11) is 0. The number of piperidine rings is 1. The Morgan fingerprint density at radius 1 is 1.20 bits per heavy atom. The summed E-state index contributed by atoms with van der Waals surface area (Å²) >= 11 is 1.93. The topological polar surface area (TPSA) is 34.1 Å². The summed E-state index contributed by atoms with van der Waals surface area (Å²) in [5, 5.41) is 3.44. The minimum Gasteiger partial charge on any atom is -0.370 e. The van der Waals surface area contributed by atoms with Crippen molar-refractivity contribution in [3.63, 3.8) is 0 Å². The second-order valence-corrected chi connectivity index (χ2v) is 6.66. The maximum atomic E-state index is 6.24. The van der Waals surface area contributed by atoms with Gasteiger partial charge in [-0.15, -0.1) is 11.3 Å². The summed E-state index contributed by atoms with van der Waals surface area (Å²) in [6.45, 7) is 2.98. The van der Waals surface area contributed by atoms with E-state index in [0.717, 1.165) is 39.0 Å². The zero-order valence-corrected chi connectivity index (χ0v) is 12.2. The average Bonchev–Trinajstić information content (AvgIpc) is 2.95. The van der Waals surface area contributed by atoms with E-state index in [0.29, 0.717) is 0 Å². The fourth-order valence-corrected chi connectivity index (χ4v) is 4.56. The van der Waals surface area contributed by atoms with Gasteiger partial charge in [0.15, 0.2) is 0 Å². The lowest BCUT2D eigenvalue weighted by atomic mass is 9.83. The van der Waals surface area contributed by atoms with Gasteiger partial charge in [-0.3, -0.25) is 4.98 Å². The van der Waals surface area contributed by atoms with Crippen molar-refractivity contribution < 1.29 is 4.74 Å². The van der Waals surface area contributed by atoms with Crippen molar-refractivity contribution >= 4 is 11.3 Å². The van der Waals surface area contributed by atoms with Crippen molar-refractivity contribution in [2.75, 3.05) is 19.7 Å². The minimum absolute atomic E-state index is 0.0272. The fourth-order valence-electron chi connectivity index (χ4n) is 3.32. The van der Waals surface area contributed by atoms with Crippen LogP contribution in [0.15, 0.2) is 30.6 Å². The van der Waals surface area contributed by atoms with Gasteiger partial charge in [0.2, 0.25) is 0 Å². The molecule has 104 valence electrons. The highest BCUT2D eigenvalue weighted by atomic mass is 32.1. The molecule has 3 nitrogen and oxygen atoms in total. The summed E-state index contributed by atoms with van der Waals surface area (Å²) < 4.78 is 6.24. The van der Waals surface area contributed by atoms with Gasteiger partial charge in [-0.2, -0.15) is 0 Å². The zero-order valence-electron chi connectivity index (χ0n) is 11.4. The van der Waals surface area contributed by atoms with Crippen LogP contribution in [0.2, 0.25) is 0 Å². The lowest BCUT2D eigenvalue weighted by molar-refractivity contribution is -0.0792. The number of hydrogen-bond donors (Lipinski definition) is 1. The monoisotopic (exact) mass is 286 g/mol. The summed E-state index contributed by atoms with van der Waals surface area (Å²) in [6.07, 6.45) is 6.97. The maximum absolute atomic E-state index is 6.24. The van der Waals surface area contributed by atoms with E-state index >= 15 is 0 Å². The molecule has 0 aliphatic carbocycles. The van der Waals surface area contributed by atoms with Crippen LogP contribution >= 0.6 is 11.3 Å². The van der Waals surface area contributed by atoms with Crippen LogP contribution in [0.1, 0.15) is 23.3 Å². The summed E-state index contributed by atoms with van der Waals surface area (Å²) in [4.78, 5) is 6.97. The largest absolute Gasteiger partial charge is 0.370 e. The first-order chi connectivity index (χ1) is 9.87. The molecule has 0 amide bonds. The molecule has 4 heteroatoms. The molecule has 0 saturated carbocycles. The van der Waals surface area contributed by atoms with Crippen molar-refractivity contribution in [3.05, 3.63) is 41.0 Å². The molecule has 1 fully saturated rings. The molecular formula is C16H18N2OS. The Bertz CT molecular complexity index is 602. The van der Waals surface area contributed by atoms with Gasteiger partial charge in [-0.05, 0) is 55.3 Å². The molecule has 1 spiro atoms. The van der Waals surface area contributed by atoms with E-state index in [-0.39, 0.29) is 5.60 Å². The van der Waals surface area contributed by atoms with E-state index < -0.39 is 0 Å². The molecule has 0 unspecified atom stereocenters. The average molecular weight is 286 g/mol. The van der Waals surface area contributed by atoms with Gasteiger partial charge >= 0.3 is 0 Å². The third-order valence-electron chi connectivity index (χ3n) is 4.38. The second kappa shape index (κ2) is 4.95. The molecule has 4 rings (SSSR count). The Morgan fingerprint density at radius 2 is 2.00 bits per heavy atom. The molecule has 2 aromatic heterocycles. The Hall–Kier alpha value is -1.23. The van der Waals surface area contributed by atoms with Gasteiger partial charge in [0, 0.05) is 28.6 Å². The molecule has 2 aliphatic heterocycles. The summed E-state index contributed by atoms with van der Waals surface area (Å²) in [6, 6.07) is 6.54. The molecular weight excluding hydrogens is 268 g/mol. The maximum Gasteiger partial charge on any atom is 0.0966 e. The third-order valence-corrected chi connectivity index (χ3v) is 5.63. The van der Waals surface area contributed by atoms with Crippen LogP contribution in [0, 0.1) is 0 Å². The number of nitrogens with one attached hydrogen (secondary N) is 1. The Morgan fingerprint density at radius 3 is 2.80 bits per heavy atom. The number of ether oxygens (including phenoxy) is 1. The van der Waals surface area contributed by atoms with E-state index in [1.807, 2.05) is 23.7 Å². The smallest absolute Gasteiger partial charge is 0.0966 e. The number of fused-ring (bicyclic) bond motifs is 2. The van der Waals surface area contributed by atoms with Gasteiger partial charge in [0.25, 0.3) is 0 Å². The van der Waals surface area contributed by atoms with Gasteiger partial charge in [0.1, 0.15) is 0 Å². The first kappa shape index (κ1) is 12.5. The van der Waals surface area contributed by atoms with Gasteiger partial charge in [0.05, 0.1) is 12.2 Å². The molecule has 0 radical (unpaired) electrons. The van der Waals surface area contributed by atoms with E-state index in [4.69, 9.17) is 4.74 Å². The predicted molar refractivity (Wildman–Crippen MR) is 81.0 cm³/mol. The van der Waals surface area contributed by atoms with Crippen LogP contribution in [0.5, 0.6) is 0 Å². The number of pyridine rings is 1. The zero-order chi connectivity index (χ0) is 13.4. The van der Waals surface area contributed by atoms with Gasteiger partial charge < -0.3 is 10.1 Å². The van der Waals surface area contributed by atoms with Crippen molar-refractivity contribution in [2.24, 2.45) is 0 Å².